The van der Waals surface area contributed by atoms with Gasteiger partial charge in [0.1, 0.15) is 0 Å². The fourth-order valence-corrected chi connectivity index (χ4v) is 4.26. The first-order valence-electron chi connectivity index (χ1n) is 9.45. The van der Waals surface area contributed by atoms with E-state index in [0.29, 0.717) is 17.9 Å². The Bertz CT molecular complexity index is 999. The molecule has 0 aliphatic carbocycles. The molecule has 1 heterocycles. The van der Waals surface area contributed by atoms with Crippen LogP contribution in [0.15, 0.2) is 53.4 Å². The molecule has 8 heteroatoms. The van der Waals surface area contributed by atoms with Gasteiger partial charge in [-0.05, 0) is 57.2 Å². The predicted octanol–water partition coefficient (Wildman–Crippen LogP) is 2.99. The van der Waals surface area contributed by atoms with Gasteiger partial charge in [0.15, 0.2) is 0 Å². The number of carbonyl (C=O) groups is 2. The molecule has 7 nitrogen and oxygen atoms in total. The van der Waals surface area contributed by atoms with Gasteiger partial charge in [-0.3, -0.25) is 14.3 Å². The summed E-state index contributed by atoms with van der Waals surface area (Å²) in [6.45, 7) is 6.16. The molecule has 0 radical (unpaired) electrons. The van der Waals surface area contributed by atoms with Crippen LogP contribution in [0.1, 0.15) is 25.8 Å². The third-order valence-corrected chi connectivity index (χ3v) is 6.29. The number of aryl methyl sites for hydroxylation is 1. The third-order valence-electron chi connectivity index (χ3n) is 4.89. The van der Waals surface area contributed by atoms with E-state index in [4.69, 9.17) is 0 Å². The Morgan fingerprint density at radius 1 is 1.03 bits per heavy atom. The first-order valence-corrected chi connectivity index (χ1v) is 10.9. The minimum absolute atomic E-state index is 0.0243. The SMILES string of the molecule is Cc1ccc(NS(=O)(=O)c2ccc(NC(=O)[C@@H]3CC(=O)N(C(C)C)C3)cc2)cc1. The van der Waals surface area contributed by atoms with E-state index in [-0.39, 0.29) is 29.2 Å². The minimum Gasteiger partial charge on any atom is -0.339 e. The molecule has 1 aliphatic heterocycles. The van der Waals surface area contributed by atoms with Gasteiger partial charge in [0.05, 0.1) is 10.8 Å². The zero-order valence-corrected chi connectivity index (χ0v) is 17.5. The zero-order chi connectivity index (χ0) is 21.2. The topological polar surface area (TPSA) is 95.6 Å². The average molecular weight is 416 g/mol. The molecule has 1 atom stereocenters. The lowest BCUT2D eigenvalue weighted by Crippen LogP contribution is -2.33. The van der Waals surface area contributed by atoms with Crippen molar-refractivity contribution in [2.24, 2.45) is 5.92 Å². The van der Waals surface area contributed by atoms with Crippen LogP contribution in [0.4, 0.5) is 11.4 Å². The summed E-state index contributed by atoms with van der Waals surface area (Å²) < 4.78 is 27.6. The summed E-state index contributed by atoms with van der Waals surface area (Å²) in [5.74, 6) is -0.671. The molecule has 2 aromatic rings. The van der Waals surface area contributed by atoms with E-state index in [0.717, 1.165) is 5.56 Å². The minimum atomic E-state index is -3.73. The van der Waals surface area contributed by atoms with Gasteiger partial charge in [-0.25, -0.2) is 8.42 Å². The van der Waals surface area contributed by atoms with Crippen molar-refractivity contribution in [1.82, 2.24) is 4.90 Å². The molecule has 2 aromatic carbocycles. The summed E-state index contributed by atoms with van der Waals surface area (Å²) in [6.07, 6.45) is 0.191. The first-order chi connectivity index (χ1) is 13.7. The smallest absolute Gasteiger partial charge is 0.261 e. The maximum atomic E-state index is 12.5. The number of benzene rings is 2. The number of rotatable bonds is 6. The Morgan fingerprint density at radius 3 is 2.17 bits per heavy atom. The zero-order valence-electron chi connectivity index (χ0n) is 16.7. The summed E-state index contributed by atoms with van der Waals surface area (Å²) in [5.41, 5.74) is 2.00. The fraction of sp³-hybridized carbons (Fsp3) is 0.333. The van der Waals surface area contributed by atoms with Crippen molar-refractivity contribution in [3.63, 3.8) is 0 Å². The van der Waals surface area contributed by atoms with Crippen LogP contribution in [0.25, 0.3) is 0 Å². The monoisotopic (exact) mass is 415 g/mol. The number of hydrogen-bond acceptors (Lipinski definition) is 4. The van der Waals surface area contributed by atoms with E-state index in [1.165, 1.54) is 12.1 Å². The van der Waals surface area contributed by atoms with Gasteiger partial charge in [0.25, 0.3) is 10.0 Å². The number of likely N-dealkylation sites (tertiary alicyclic amines) is 1. The molecule has 29 heavy (non-hydrogen) atoms. The summed E-state index contributed by atoms with van der Waals surface area (Å²) in [4.78, 5) is 26.2. The molecule has 2 N–H and O–H groups in total. The molecule has 3 rings (SSSR count). The lowest BCUT2D eigenvalue weighted by Gasteiger charge is -2.20. The van der Waals surface area contributed by atoms with Crippen molar-refractivity contribution in [2.75, 3.05) is 16.6 Å². The molecular formula is C21H25N3O4S. The lowest BCUT2D eigenvalue weighted by atomic mass is 10.1. The predicted molar refractivity (Wildman–Crippen MR) is 112 cm³/mol. The molecule has 0 unspecified atom stereocenters. The number of hydrogen-bond donors (Lipinski definition) is 2. The molecule has 0 saturated carbocycles. The maximum Gasteiger partial charge on any atom is 0.261 e. The molecule has 0 bridgehead atoms. The van der Waals surface area contributed by atoms with Crippen molar-refractivity contribution in [3.8, 4) is 0 Å². The molecule has 0 aromatic heterocycles. The van der Waals surface area contributed by atoms with E-state index < -0.39 is 15.9 Å². The Labute approximate surface area is 171 Å². The summed E-state index contributed by atoms with van der Waals surface area (Å²) in [5, 5.41) is 2.77. The molecule has 1 aliphatic rings. The normalized spacial score (nSPS) is 16.9. The number of sulfonamides is 1. The Morgan fingerprint density at radius 2 is 1.62 bits per heavy atom. The van der Waals surface area contributed by atoms with Crippen LogP contribution in [-0.4, -0.2) is 37.7 Å². The van der Waals surface area contributed by atoms with E-state index in [2.05, 4.69) is 10.0 Å². The standard InChI is InChI=1S/C21H25N3O4S/c1-14(2)24-13-16(12-20(24)25)21(26)22-17-8-10-19(11-9-17)29(27,28)23-18-6-4-15(3)5-7-18/h4-11,14,16,23H,12-13H2,1-3H3,(H,22,26)/t16-/m1/s1. The van der Waals surface area contributed by atoms with Gasteiger partial charge in [-0.15, -0.1) is 0 Å². The fourth-order valence-electron chi connectivity index (χ4n) is 3.20. The average Bonchev–Trinajstić information content (AvgIpc) is 3.06. The van der Waals surface area contributed by atoms with Gasteiger partial charge in [-0.1, -0.05) is 17.7 Å². The summed E-state index contributed by atoms with van der Waals surface area (Å²) >= 11 is 0. The quantitative estimate of drug-likeness (QED) is 0.758. The number of carbonyl (C=O) groups excluding carboxylic acids is 2. The van der Waals surface area contributed by atoms with E-state index in [9.17, 15) is 18.0 Å². The van der Waals surface area contributed by atoms with Gasteiger partial charge in [0.2, 0.25) is 11.8 Å². The third kappa shape index (κ3) is 4.95. The molecule has 1 saturated heterocycles. The van der Waals surface area contributed by atoms with Gasteiger partial charge in [-0.2, -0.15) is 0 Å². The van der Waals surface area contributed by atoms with Crippen LogP contribution in [0, 0.1) is 12.8 Å². The Balaban J connectivity index is 1.64. The van der Waals surface area contributed by atoms with E-state index in [1.807, 2.05) is 32.9 Å². The highest BCUT2D eigenvalue weighted by atomic mass is 32.2. The Kier molecular flexibility index (Phi) is 5.93. The first kappa shape index (κ1) is 20.9. The maximum absolute atomic E-state index is 12.5. The van der Waals surface area contributed by atoms with Crippen LogP contribution in [-0.2, 0) is 19.6 Å². The van der Waals surface area contributed by atoms with Crippen LogP contribution in [0.5, 0.6) is 0 Å². The highest BCUT2D eigenvalue weighted by Crippen LogP contribution is 2.23. The Hall–Kier alpha value is -2.87. The van der Waals surface area contributed by atoms with Crippen LogP contribution >= 0.6 is 0 Å². The lowest BCUT2D eigenvalue weighted by molar-refractivity contribution is -0.129. The summed E-state index contributed by atoms with van der Waals surface area (Å²) in [6, 6.07) is 13.1. The highest BCUT2D eigenvalue weighted by Gasteiger charge is 2.35. The summed E-state index contributed by atoms with van der Waals surface area (Å²) in [7, 11) is -3.73. The van der Waals surface area contributed by atoms with Crippen LogP contribution in [0.2, 0.25) is 0 Å². The van der Waals surface area contributed by atoms with Gasteiger partial charge >= 0.3 is 0 Å². The number of anilines is 2. The van der Waals surface area contributed by atoms with Crippen LogP contribution in [0.3, 0.4) is 0 Å². The van der Waals surface area contributed by atoms with Crippen molar-refractivity contribution >= 4 is 33.2 Å². The number of nitrogens with one attached hydrogen (secondary N) is 2. The largest absolute Gasteiger partial charge is 0.339 e. The molecule has 154 valence electrons. The molecule has 2 amide bonds. The number of nitrogens with zero attached hydrogens (tertiary/aromatic N) is 1. The molecular weight excluding hydrogens is 390 g/mol. The second kappa shape index (κ2) is 8.24. The van der Waals surface area contributed by atoms with Crippen LogP contribution < -0.4 is 10.0 Å². The second-order valence-corrected chi connectivity index (χ2v) is 9.21. The van der Waals surface area contributed by atoms with Crippen molar-refractivity contribution in [2.45, 2.75) is 38.1 Å². The van der Waals surface area contributed by atoms with E-state index >= 15 is 0 Å². The van der Waals surface area contributed by atoms with Crippen molar-refractivity contribution in [3.05, 3.63) is 54.1 Å². The molecule has 1 fully saturated rings. The van der Waals surface area contributed by atoms with Gasteiger partial charge in [0, 0.05) is 30.4 Å². The molecule has 0 spiro atoms. The number of amides is 2. The second-order valence-electron chi connectivity index (χ2n) is 7.53. The highest BCUT2D eigenvalue weighted by molar-refractivity contribution is 7.92. The van der Waals surface area contributed by atoms with Crippen molar-refractivity contribution in [1.29, 1.82) is 0 Å². The van der Waals surface area contributed by atoms with Crippen molar-refractivity contribution < 1.29 is 18.0 Å². The van der Waals surface area contributed by atoms with E-state index in [1.54, 1.807) is 29.2 Å². The van der Waals surface area contributed by atoms with Gasteiger partial charge < -0.3 is 10.2 Å².